The number of hydrogen-bond donors (Lipinski definition) is 2. The van der Waals surface area contributed by atoms with Crippen molar-refractivity contribution in [1.82, 2.24) is 5.43 Å². The minimum atomic E-state index is -1.34. The van der Waals surface area contributed by atoms with Crippen LogP contribution in [0.4, 0.5) is 4.39 Å². The number of hydrazone groups is 1. The van der Waals surface area contributed by atoms with Gasteiger partial charge >= 0.3 is 5.97 Å². The van der Waals surface area contributed by atoms with Gasteiger partial charge in [0, 0.05) is 0 Å². The van der Waals surface area contributed by atoms with Crippen LogP contribution in [0.2, 0.25) is 0 Å². The average Bonchev–Trinajstić information content (AvgIpc) is 2.74. The predicted molar refractivity (Wildman–Crippen MR) is 105 cm³/mol. The van der Waals surface area contributed by atoms with E-state index in [2.05, 4.69) is 10.5 Å². The normalized spacial score (nSPS) is 11.8. The molecule has 2 N–H and O–H groups in total. The molecule has 1 amide bonds. The quantitative estimate of drug-likeness (QED) is 0.292. The van der Waals surface area contributed by atoms with Crippen LogP contribution in [0.15, 0.2) is 84.0 Å². The molecular weight excluding hydrogens is 375 g/mol. The minimum Gasteiger partial charge on any atom is -0.423 e. The molecule has 3 aromatic carbocycles. The second-order valence-electron chi connectivity index (χ2n) is 6.02. The molecule has 0 heterocycles. The molecule has 0 unspecified atom stereocenters. The molecule has 0 aliphatic heterocycles. The number of esters is 1. The van der Waals surface area contributed by atoms with Gasteiger partial charge in [0.25, 0.3) is 5.91 Å². The number of aliphatic hydroxyl groups is 1. The molecule has 0 aliphatic rings. The maximum atomic E-state index is 13.2. The molecule has 0 spiro atoms. The number of halogens is 1. The van der Waals surface area contributed by atoms with E-state index in [1.54, 1.807) is 48.5 Å². The Morgan fingerprint density at radius 1 is 1.00 bits per heavy atom. The van der Waals surface area contributed by atoms with E-state index in [4.69, 9.17) is 4.74 Å². The maximum Gasteiger partial charge on any atom is 0.343 e. The Labute approximate surface area is 166 Å². The van der Waals surface area contributed by atoms with E-state index in [1.165, 1.54) is 30.5 Å². The first-order valence-corrected chi connectivity index (χ1v) is 8.66. The Kier molecular flexibility index (Phi) is 6.44. The molecule has 0 saturated heterocycles. The van der Waals surface area contributed by atoms with Crippen molar-refractivity contribution in [3.05, 3.63) is 101 Å². The first-order chi connectivity index (χ1) is 14.0. The number of carbonyl (C=O) groups is 2. The molecule has 146 valence electrons. The van der Waals surface area contributed by atoms with Gasteiger partial charge in [-0.1, -0.05) is 48.5 Å². The second-order valence-corrected chi connectivity index (χ2v) is 6.02. The SMILES string of the molecule is O=C(Oc1cccc(/C=N\NC(=O)[C@@H](O)c2ccccc2)c1)c1cccc(F)c1. The largest absolute Gasteiger partial charge is 0.423 e. The van der Waals surface area contributed by atoms with Gasteiger partial charge in [-0.15, -0.1) is 0 Å². The number of hydrogen-bond acceptors (Lipinski definition) is 5. The summed E-state index contributed by atoms with van der Waals surface area (Å²) in [6.45, 7) is 0. The zero-order valence-electron chi connectivity index (χ0n) is 15.2. The molecule has 0 bridgehead atoms. The smallest absolute Gasteiger partial charge is 0.343 e. The average molecular weight is 392 g/mol. The summed E-state index contributed by atoms with van der Waals surface area (Å²) in [5.74, 6) is -1.67. The van der Waals surface area contributed by atoms with E-state index >= 15 is 0 Å². The highest BCUT2D eigenvalue weighted by Crippen LogP contribution is 2.15. The van der Waals surface area contributed by atoms with Crippen LogP contribution < -0.4 is 10.2 Å². The van der Waals surface area contributed by atoms with Crippen molar-refractivity contribution in [3.8, 4) is 5.75 Å². The third-order valence-electron chi connectivity index (χ3n) is 3.88. The van der Waals surface area contributed by atoms with Gasteiger partial charge in [0.2, 0.25) is 0 Å². The van der Waals surface area contributed by atoms with Crippen molar-refractivity contribution in [1.29, 1.82) is 0 Å². The molecule has 1 atom stereocenters. The van der Waals surface area contributed by atoms with Gasteiger partial charge in [0.15, 0.2) is 6.10 Å². The zero-order valence-corrected chi connectivity index (χ0v) is 15.2. The molecule has 6 nitrogen and oxygen atoms in total. The third kappa shape index (κ3) is 5.57. The Bertz CT molecular complexity index is 1040. The lowest BCUT2D eigenvalue weighted by Gasteiger charge is -2.08. The number of benzene rings is 3. The molecule has 0 aromatic heterocycles. The van der Waals surface area contributed by atoms with Gasteiger partial charge in [-0.3, -0.25) is 4.79 Å². The van der Waals surface area contributed by atoms with Crippen LogP contribution in [0.25, 0.3) is 0 Å². The number of aliphatic hydroxyl groups excluding tert-OH is 1. The summed E-state index contributed by atoms with van der Waals surface area (Å²) in [5.41, 5.74) is 3.34. The summed E-state index contributed by atoms with van der Waals surface area (Å²) in [6, 6.07) is 20.1. The summed E-state index contributed by atoms with van der Waals surface area (Å²) in [5, 5.41) is 13.8. The molecule has 3 aromatic rings. The highest BCUT2D eigenvalue weighted by Gasteiger charge is 2.16. The lowest BCUT2D eigenvalue weighted by molar-refractivity contribution is -0.129. The van der Waals surface area contributed by atoms with Crippen LogP contribution in [0, 0.1) is 5.82 Å². The zero-order chi connectivity index (χ0) is 20.6. The van der Waals surface area contributed by atoms with Gasteiger partial charge in [-0.05, 0) is 41.5 Å². The summed E-state index contributed by atoms with van der Waals surface area (Å²) in [4.78, 5) is 24.0. The fourth-order valence-corrected chi connectivity index (χ4v) is 2.46. The van der Waals surface area contributed by atoms with Crippen LogP contribution in [0.5, 0.6) is 5.75 Å². The predicted octanol–water partition coefficient (Wildman–Crippen LogP) is 3.23. The van der Waals surface area contributed by atoms with E-state index < -0.39 is 23.8 Å². The maximum absolute atomic E-state index is 13.2. The van der Waals surface area contributed by atoms with Crippen LogP contribution in [0.3, 0.4) is 0 Å². The highest BCUT2D eigenvalue weighted by molar-refractivity contribution is 5.91. The lowest BCUT2D eigenvalue weighted by atomic mass is 10.1. The molecule has 29 heavy (non-hydrogen) atoms. The van der Waals surface area contributed by atoms with Crippen molar-refractivity contribution >= 4 is 18.1 Å². The molecule has 0 saturated carbocycles. The van der Waals surface area contributed by atoms with Gasteiger partial charge in [-0.2, -0.15) is 5.10 Å². The Hall–Kier alpha value is -3.84. The van der Waals surface area contributed by atoms with Gasteiger partial charge < -0.3 is 9.84 Å². The van der Waals surface area contributed by atoms with E-state index in [1.807, 2.05) is 0 Å². The number of ether oxygens (including phenoxy) is 1. The lowest BCUT2D eigenvalue weighted by Crippen LogP contribution is -2.25. The highest BCUT2D eigenvalue weighted by atomic mass is 19.1. The van der Waals surface area contributed by atoms with Crippen LogP contribution in [-0.2, 0) is 4.79 Å². The molecule has 0 radical (unpaired) electrons. The summed E-state index contributed by atoms with van der Waals surface area (Å²) in [7, 11) is 0. The Morgan fingerprint density at radius 2 is 1.76 bits per heavy atom. The Balaban J connectivity index is 1.60. The topological polar surface area (TPSA) is 88.0 Å². The number of amides is 1. The van der Waals surface area contributed by atoms with Crippen molar-refractivity contribution in [2.24, 2.45) is 5.10 Å². The van der Waals surface area contributed by atoms with Crippen LogP contribution in [0.1, 0.15) is 27.6 Å². The van der Waals surface area contributed by atoms with E-state index in [-0.39, 0.29) is 11.3 Å². The molecular formula is C22H17FN2O4. The van der Waals surface area contributed by atoms with Crippen molar-refractivity contribution in [3.63, 3.8) is 0 Å². The number of rotatable bonds is 6. The van der Waals surface area contributed by atoms with Crippen molar-refractivity contribution < 1.29 is 23.8 Å². The van der Waals surface area contributed by atoms with E-state index in [0.29, 0.717) is 11.1 Å². The molecule has 3 rings (SSSR count). The Morgan fingerprint density at radius 3 is 2.52 bits per heavy atom. The van der Waals surface area contributed by atoms with E-state index in [9.17, 15) is 19.1 Å². The number of nitrogens with zero attached hydrogens (tertiary/aromatic N) is 1. The van der Waals surface area contributed by atoms with E-state index in [0.717, 1.165) is 6.07 Å². The van der Waals surface area contributed by atoms with Gasteiger partial charge in [-0.25, -0.2) is 14.6 Å². The second kappa shape index (κ2) is 9.38. The number of nitrogens with one attached hydrogen (secondary N) is 1. The fourth-order valence-electron chi connectivity index (χ4n) is 2.46. The summed E-state index contributed by atoms with van der Waals surface area (Å²) in [6.07, 6.45) is 0.00157. The third-order valence-corrected chi connectivity index (χ3v) is 3.88. The first kappa shape index (κ1) is 19.9. The first-order valence-electron chi connectivity index (χ1n) is 8.66. The molecule has 0 fully saturated rings. The van der Waals surface area contributed by atoms with Crippen molar-refractivity contribution in [2.75, 3.05) is 0 Å². The van der Waals surface area contributed by atoms with Gasteiger partial charge in [0.05, 0.1) is 11.8 Å². The van der Waals surface area contributed by atoms with Gasteiger partial charge in [0.1, 0.15) is 11.6 Å². The summed E-state index contributed by atoms with van der Waals surface area (Å²) >= 11 is 0. The standard InChI is InChI=1S/C22H17FN2O4/c23-18-10-5-9-17(13-18)22(28)29-19-11-4-6-15(12-19)14-24-25-21(27)20(26)16-7-2-1-3-8-16/h1-14,20,26H,(H,25,27)/b24-14-/t20-/m0/s1. The number of carbonyl (C=O) groups excluding carboxylic acids is 2. The van der Waals surface area contributed by atoms with Crippen molar-refractivity contribution in [2.45, 2.75) is 6.10 Å². The fraction of sp³-hybridized carbons (Fsp3) is 0.0455. The monoisotopic (exact) mass is 392 g/mol. The van der Waals surface area contributed by atoms with Crippen LogP contribution >= 0.6 is 0 Å². The summed E-state index contributed by atoms with van der Waals surface area (Å²) < 4.78 is 18.4. The molecule has 0 aliphatic carbocycles. The molecule has 7 heteroatoms. The van der Waals surface area contributed by atoms with Crippen LogP contribution in [-0.4, -0.2) is 23.2 Å². The minimum absolute atomic E-state index is 0.0891.